The van der Waals surface area contributed by atoms with Crippen molar-refractivity contribution in [1.82, 2.24) is 15.5 Å². The summed E-state index contributed by atoms with van der Waals surface area (Å²) in [5.41, 5.74) is 1.69. The second-order valence-electron chi connectivity index (χ2n) is 9.28. The average Bonchev–Trinajstić information content (AvgIpc) is 3.68. The first kappa shape index (κ1) is 27.7. The van der Waals surface area contributed by atoms with E-state index in [1.807, 2.05) is 54.1 Å². The number of fused-ring (bicyclic) bond motifs is 1. The Hall–Kier alpha value is -3.37. The van der Waals surface area contributed by atoms with Crippen LogP contribution in [0.3, 0.4) is 0 Å². The van der Waals surface area contributed by atoms with Crippen LogP contribution >= 0.6 is 22.7 Å². The number of aliphatic carboxylic acids is 1. The number of urea groups is 1. The fraction of sp³-hybridized carbons (Fsp3) is 0.393. The van der Waals surface area contributed by atoms with Crippen LogP contribution < -0.4 is 15.4 Å². The van der Waals surface area contributed by atoms with Crippen LogP contribution in [0.25, 0.3) is 0 Å². The highest BCUT2D eigenvalue weighted by Crippen LogP contribution is 2.29. The SMILES string of the molecule is CCCC[C@H](NC(=O)N[C@@H](CC(=O)O)c1ccc2c(c1)CCO2)C(=O)N(Cc1cccs1)Cc1cccs1. The number of nitrogens with zero attached hydrogens (tertiary/aromatic N) is 1. The molecule has 0 saturated heterocycles. The molecule has 0 radical (unpaired) electrons. The summed E-state index contributed by atoms with van der Waals surface area (Å²) in [6.07, 6.45) is 2.61. The summed E-state index contributed by atoms with van der Waals surface area (Å²) < 4.78 is 5.55. The molecule has 3 amide bonds. The van der Waals surface area contributed by atoms with Crippen LogP contribution in [0.4, 0.5) is 4.79 Å². The summed E-state index contributed by atoms with van der Waals surface area (Å²) in [4.78, 5) is 42.5. The Balaban J connectivity index is 1.49. The van der Waals surface area contributed by atoms with E-state index in [-0.39, 0.29) is 12.3 Å². The highest BCUT2D eigenvalue weighted by atomic mass is 32.1. The summed E-state index contributed by atoms with van der Waals surface area (Å²) >= 11 is 3.18. The first-order valence-electron chi connectivity index (χ1n) is 12.8. The molecule has 0 unspecified atom stereocenters. The molecule has 8 nitrogen and oxygen atoms in total. The third-order valence-corrected chi connectivity index (χ3v) is 8.14. The van der Waals surface area contributed by atoms with Crippen molar-refractivity contribution in [3.63, 3.8) is 0 Å². The van der Waals surface area contributed by atoms with Gasteiger partial charge in [0.15, 0.2) is 0 Å². The fourth-order valence-corrected chi connectivity index (χ4v) is 5.93. The van der Waals surface area contributed by atoms with E-state index in [9.17, 15) is 19.5 Å². The Morgan fingerprint density at radius 3 is 2.37 bits per heavy atom. The molecule has 2 atom stereocenters. The molecule has 202 valence electrons. The third-order valence-electron chi connectivity index (χ3n) is 6.41. The normalized spacial score (nSPS) is 13.7. The summed E-state index contributed by atoms with van der Waals surface area (Å²) in [5, 5.41) is 19.1. The molecule has 3 N–H and O–H groups in total. The van der Waals surface area contributed by atoms with Gasteiger partial charge in [0.05, 0.1) is 32.2 Å². The first-order chi connectivity index (χ1) is 18.4. The molecule has 38 heavy (non-hydrogen) atoms. The van der Waals surface area contributed by atoms with Crippen molar-refractivity contribution in [1.29, 1.82) is 0 Å². The Morgan fingerprint density at radius 1 is 1.05 bits per heavy atom. The molecule has 0 saturated carbocycles. The number of carbonyl (C=O) groups excluding carboxylic acids is 2. The molecular weight excluding hydrogens is 522 g/mol. The summed E-state index contributed by atoms with van der Waals surface area (Å²) in [5.74, 6) is -0.391. The van der Waals surface area contributed by atoms with Gasteiger partial charge in [-0.25, -0.2) is 4.79 Å². The summed E-state index contributed by atoms with van der Waals surface area (Å²) in [6.45, 7) is 3.54. The van der Waals surface area contributed by atoms with E-state index in [1.165, 1.54) is 0 Å². The van der Waals surface area contributed by atoms with Crippen molar-refractivity contribution in [3.05, 3.63) is 74.1 Å². The van der Waals surface area contributed by atoms with Gasteiger partial charge in [-0.1, -0.05) is 38.0 Å². The Bertz CT molecular complexity index is 1180. The first-order valence-corrected chi connectivity index (χ1v) is 14.6. The molecule has 0 bridgehead atoms. The number of carbonyl (C=O) groups is 3. The fourth-order valence-electron chi connectivity index (χ4n) is 4.49. The monoisotopic (exact) mass is 555 g/mol. The molecule has 2 aromatic heterocycles. The number of hydrogen-bond acceptors (Lipinski definition) is 6. The van der Waals surface area contributed by atoms with Crippen molar-refractivity contribution < 1.29 is 24.2 Å². The van der Waals surface area contributed by atoms with E-state index in [4.69, 9.17) is 4.74 Å². The number of nitrogens with one attached hydrogen (secondary N) is 2. The van der Waals surface area contributed by atoms with Gasteiger partial charge < -0.3 is 25.4 Å². The molecule has 3 heterocycles. The van der Waals surface area contributed by atoms with Crippen LogP contribution in [-0.4, -0.2) is 40.6 Å². The van der Waals surface area contributed by atoms with E-state index < -0.39 is 24.1 Å². The Morgan fingerprint density at radius 2 is 1.76 bits per heavy atom. The minimum absolute atomic E-state index is 0.153. The van der Waals surface area contributed by atoms with Gasteiger partial charge in [0.2, 0.25) is 5.91 Å². The number of ether oxygens (including phenoxy) is 1. The van der Waals surface area contributed by atoms with Crippen LogP contribution in [0, 0.1) is 0 Å². The molecule has 1 aromatic carbocycles. The maximum atomic E-state index is 13.8. The Labute approximate surface area is 230 Å². The maximum absolute atomic E-state index is 13.8. The van der Waals surface area contributed by atoms with Gasteiger partial charge in [0.25, 0.3) is 0 Å². The zero-order valence-corrected chi connectivity index (χ0v) is 23.0. The number of unbranched alkanes of at least 4 members (excludes halogenated alkanes) is 1. The lowest BCUT2D eigenvalue weighted by atomic mass is 10.00. The van der Waals surface area contributed by atoms with Gasteiger partial charge in [-0.2, -0.15) is 0 Å². The third kappa shape index (κ3) is 7.58. The van der Waals surface area contributed by atoms with Gasteiger partial charge in [-0.05, 0) is 52.6 Å². The highest BCUT2D eigenvalue weighted by molar-refractivity contribution is 7.10. The number of rotatable bonds is 13. The lowest BCUT2D eigenvalue weighted by Crippen LogP contribution is -2.51. The topological polar surface area (TPSA) is 108 Å². The smallest absolute Gasteiger partial charge is 0.315 e. The van der Waals surface area contributed by atoms with Crippen molar-refractivity contribution in [3.8, 4) is 5.75 Å². The van der Waals surface area contributed by atoms with Crippen molar-refractivity contribution in [2.24, 2.45) is 0 Å². The lowest BCUT2D eigenvalue weighted by molar-refractivity contribution is -0.137. The van der Waals surface area contributed by atoms with E-state index >= 15 is 0 Å². The van der Waals surface area contributed by atoms with E-state index in [0.717, 1.165) is 40.3 Å². The molecule has 0 aliphatic carbocycles. The number of carboxylic acids is 1. The Kier molecular flexibility index (Phi) is 9.78. The summed E-state index contributed by atoms with van der Waals surface area (Å²) in [7, 11) is 0. The van der Waals surface area contributed by atoms with Crippen LogP contribution in [0.15, 0.2) is 53.2 Å². The largest absolute Gasteiger partial charge is 0.493 e. The molecule has 0 fully saturated rings. The van der Waals surface area contributed by atoms with Gasteiger partial charge in [0, 0.05) is 16.2 Å². The second-order valence-corrected chi connectivity index (χ2v) is 11.3. The van der Waals surface area contributed by atoms with Crippen molar-refractivity contribution >= 4 is 40.6 Å². The second kappa shape index (κ2) is 13.4. The summed E-state index contributed by atoms with van der Waals surface area (Å²) in [6, 6.07) is 11.4. The van der Waals surface area contributed by atoms with E-state index in [0.29, 0.717) is 31.7 Å². The maximum Gasteiger partial charge on any atom is 0.315 e. The molecule has 3 aromatic rings. The average molecular weight is 556 g/mol. The minimum atomic E-state index is -1.02. The van der Waals surface area contributed by atoms with Crippen molar-refractivity contribution in [2.75, 3.05) is 6.61 Å². The van der Waals surface area contributed by atoms with Crippen LogP contribution in [-0.2, 0) is 29.1 Å². The number of benzene rings is 1. The molecular formula is C28H33N3O5S2. The van der Waals surface area contributed by atoms with Crippen LogP contribution in [0.5, 0.6) is 5.75 Å². The standard InChI is InChI=1S/C28H33N3O5S2/c1-2-3-8-23(27(34)31(17-21-6-4-13-37-21)18-22-7-5-14-38-22)29-28(35)30-24(16-26(32)33)19-9-10-25-20(15-19)11-12-36-25/h4-7,9-10,13-15,23-24H,2-3,8,11-12,16-18H2,1H3,(H,32,33)(H2,29,30,35)/t23-,24-/m0/s1. The molecule has 4 rings (SSSR count). The number of hydrogen-bond donors (Lipinski definition) is 3. The lowest BCUT2D eigenvalue weighted by Gasteiger charge is -2.28. The van der Waals surface area contributed by atoms with Gasteiger partial charge in [-0.3, -0.25) is 9.59 Å². The molecule has 1 aliphatic rings. The number of amides is 3. The predicted octanol–water partition coefficient (Wildman–Crippen LogP) is 5.35. The van der Waals surface area contributed by atoms with Gasteiger partial charge in [0.1, 0.15) is 11.8 Å². The number of thiophene rings is 2. The van der Waals surface area contributed by atoms with E-state index in [2.05, 4.69) is 10.6 Å². The molecule has 10 heteroatoms. The van der Waals surface area contributed by atoms with Crippen LogP contribution in [0.1, 0.15) is 59.5 Å². The van der Waals surface area contributed by atoms with Crippen molar-refractivity contribution in [2.45, 2.75) is 64.2 Å². The highest BCUT2D eigenvalue weighted by Gasteiger charge is 2.28. The zero-order chi connectivity index (χ0) is 26.9. The van der Waals surface area contributed by atoms with E-state index in [1.54, 1.807) is 33.6 Å². The van der Waals surface area contributed by atoms with Crippen LogP contribution in [0.2, 0.25) is 0 Å². The number of carboxylic acid groups (broad SMARTS) is 1. The quantitative estimate of drug-likeness (QED) is 0.264. The predicted molar refractivity (Wildman–Crippen MR) is 149 cm³/mol. The zero-order valence-electron chi connectivity index (χ0n) is 21.4. The van der Waals surface area contributed by atoms with Gasteiger partial charge in [-0.15, -0.1) is 22.7 Å². The van der Waals surface area contributed by atoms with Gasteiger partial charge >= 0.3 is 12.0 Å². The molecule has 0 spiro atoms. The molecule has 1 aliphatic heterocycles. The minimum Gasteiger partial charge on any atom is -0.493 e.